The van der Waals surface area contributed by atoms with Gasteiger partial charge in [-0.2, -0.15) is 0 Å². The molecule has 1 aliphatic rings. The Kier molecular flexibility index (Phi) is 4.42. The molecule has 1 amide bonds. The second-order valence-electron chi connectivity index (χ2n) is 6.98. The highest BCUT2D eigenvalue weighted by Crippen LogP contribution is 2.23. The van der Waals surface area contributed by atoms with Gasteiger partial charge in [0.05, 0.1) is 11.9 Å². The molecule has 134 valence electrons. The molecule has 2 N–H and O–H groups in total. The van der Waals surface area contributed by atoms with Gasteiger partial charge in [0.1, 0.15) is 0 Å². The van der Waals surface area contributed by atoms with Crippen molar-refractivity contribution in [3.8, 4) is 0 Å². The Balaban J connectivity index is 1.51. The molecule has 6 nitrogen and oxygen atoms in total. The van der Waals surface area contributed by atoms with Gasteiger partial charge < -0.3 is 10.6 Å². The summed E-state index contributed by atoms with van der Waals surface area (Å²) < 4.78 is 1.71. The number of carbonyl (C=O) groups excluding carboxylic acids is 1. The number of benzene rings is 1. The van der Waals surface area contributed by atoms with Crippen molar-refractivity contribution in [3.05, 3.63) is 58.9 Å². The van der Waals surface area contributed by atoms with Crippen LogP contribution in [0.3, 0.4) is 0 Å². The van der Waals surface area contributed by atoms with Crippen molar-refractivity contribution in [2.24, 2.45) is 0 Å². The average molecular weight is 349 g/mol. The molecule has 1 fully saturated rings. The van der Waals surface area contributed by atoms with Crippen LogP contribution in [0, 0.1) is 13.8 Å². The quantitative estimate of drug-likeness (QED) is 0.762. The monoisotopic (exact) mass is 349 g/mol. The summed E-state index contributed by atoms with van der Waals surface area (Å²) in [6, 6.07) is 9.77. The number of aryl methyl sites for hydroxylation is 2. The fraction of sp³-hybridized carbons (Fsp3) is 0.350. The zero-order chi connectivity index (χ0) is 18.1. The lowest BCUT2D eigenvalue weighted by atomic mass is 9.91. The Hall–Kier alpha value is -2.73. The molecule has 3 aromatic rings. The number of amides is 1. The van der Waals surface area contributed by atoms with Gasteiger partial charge in [-0.3, -0.25) is 4.79 Å². The van der Waals surface area contributed by atoms with Gasteiger partial charge in [-0.15, -0.1) is 5.10 Å². The maximum Gasteiger partial charge on any atom is 0.256 e. The highest BCUT2D eigenvalue weighted by molar-refractivity contribution is 6.03. The zero-order valence-corrected chi connectivity index (χ0v) is 15.1. The smallest absolute Gasteiger partial charge is 0.256 e. The van der Waals surface area contributed by atoms with Crippen molar-refractivity contribution in [2.75, 3.05) is 18.4 Å². The predicted molar refractivity (Wildman–Crippen MR) is 102 cm³/mol. The zero-order valence-electron chi connectivity index (χ0n) is 15.1. The van der Waals surface area contributed by atoms with E-state index in [9.17, 15) is 4.79 Å². The van der Waals surface area contributed by atoms with Gasteiger partial charge in [0.2, 0.25) is 0 Å². The van der Waals surface area contributed by atoms with E-state index < -0.39 is 0 Å². The largest absolute Gasteiger partial charge is 0.316 e. The molecule has 6 heteroatoms. The number of carbonyl (C=O) groups is 1. The Morgan fingerprint density at radius 1 is 1.27 bits per heavy atom. The summed E-state index contributed by atoms with van der Waals surface area (Å²) in [4.78, 5) is 17.0. The molecule has 3 heterocycles. The van der Waals surface area contributed by atoms with E-state index in [1.165, 1.54) is 18.4 Å². The Labute approximate surface area is 152 Å². The van der Waals surface area contributed by atoms with Crippen LogP contribution in [0.4, 0.5) is 5.82 Å². The van der Waals surface area contributed by atoms with Gasteiger partial charge in [-0.05, 0) is 68.5 Å². The van der Waals surface area contributed by atoms with E-state index in [2.05, 4.69) is 32.8 Å². The van der Waals surface area contributed by atoms with Crippen LogP contribution < -0.4 is 10.6 Å². The van der Waals surface area contributed by atoms with Crippen molar-refractivity contribution in [2.45, 2.75) is 32.6 Å². The van der Waals surface area contributed by atoms with Crippen LogP contribution >= 0.6 is 0 Å². The number of nitrogens with zero attached hydrogens (tertiary/aromatic N) is 3. The standard InChI is InChI=1S/C20H23N5O/c1-13-10-18(24-25-12-14(2)22-19(13)25)23-20(26)16-7-5-15(6-8-16)17-4-3-9-21-11-17/h5-8,10,12,17,21H,3-4,9,11H2,1-2H3,(H,23,24,26). The fourth-order valence-corrected chi connectivity index (χ4v) is 3.54. The molecule has 26 heavy (non-hydrogen) atoms. The van der Waals surface area contributed by atoms with Gasteiger partial charge in [0.15, 0.2) is 11.5 Å². The summed E-state index contributed by atoms with van der Waals surface area (Å²) in [6.07, 6.45) is 4.26. The number of aromatic nitrogens is 3. The second kappa shape index (κ2) is 6.88. The van der Waals surface area contributed by atoms with E-state index in [0.717, 1.165) is 30.0 Å². The number of anilines is 1. The molecule has 1 atom stereocenters. The van der Waals surface area contributed by atoms with Crippen LogP contribution in [0.25, 0.3) is 5.65 Å². The van der Waals surface area contributed by atoms with Gasteiger partial charge in [0.25, 0.3) is 5.91 Å². The highest BCUT2D eigenvalue weighted by atomic mass is 16.1. The summed E-state index contributed by atoms with van der Waals surface area (Å²) in [5, 5.41) is 10.7. The molecule has 0 saturated carbocycles. The Bertz CT molecular complexity index is 939. The van der Waals surface area contributed by atoms with Crippen LogP contribution in [0.2, 0.25) is 0 Å². The number of rotatable bonds is 3. The summed E-state index contributed by atoms with van der Waals surface area (Å²) in [5.74, 6) is 0.913. The minimum absolute atomic E-state index is 0.151. The molecular formula is C20H23N5O. The minimum Gasteiger partial charge on any atom is -0.316 e. The molecule has 1 aromatic carbocycles. The molecular weight excluding hydrogens is 326 g/mol. The van der Waals surface area contributed by atoms with E-state index in [1.54, 1.807) is 4.52 Å². The molecule has 2 aromatic heterocycles. The number of hydrogen-bond donors (Lipinski definition) is 2. The summed E-state index contributed by atoms with van der Waals surface area (Å²) in [7, 11) is 0. The van der Waals surface area contributed by atoms with Gasteiger partial charge in [-0.25, -0.2) is 9.50 Å². The first kappa shape index (κ1) is 16.7. The first-order valence-electron chi connectivity index (χ1n) is 9.06. The number of fused-ring (bicyclic) bond motifs is 1. The van der Waals surface area contributed by atoms with E-state index in [4.69, 9.17) is 0 Å². The van der Waals surface area contributed by atoms with E-state index in [0.29, 0.717) is 17.3 Å². The summed E-state index contributed by atoms with van der Waals surface area (Å²) in [6.45, 7) is 6.01. The topological polar surface area (TPSA) is 71.3 Å². The number of nitrogens with one attached hydrogen (secondary N) is 2. The van der Waals surface area contributed by atoms with Crippen molar-refractivity contribution < 1.29 is 4.79 Å². The highest BCUT2D eigenvalue weighted by Gasteiger charge is 2.16. The second-order valence-corrected chi connectivity index (χ2v) is 6.98. The molecule has 1 aliphatic heterocycles. The van der Waals surface area contributed by atoms with Gasteiger partial charge >= 0.3 is 0 Å². The molecule has 0 aliphatic carbocycles. The summed E-state index contributed by atoms with van der Waals surface area (Å²) >= 11 is 0. The third kappa shape index (κ3) is 3.32. The Morgan fingerprint density at radius 2 is 2.08 bits per heavy atom. The van der Waals surface area contributed by atoms with E-state index in [1.807, 2.05) is 38.2 Å². The third-order valence-electron chi connectivity index (χ3n) is 4.91. The first-order valence-corrected chi connectivity index (χ1v) is 9.06. The van der Waals surface area contributed by atoms with E-state index in [-0.39, 0.29) is 5.91 Å². The summed E-state index contributed by atoms with van der Waals surface area (Å²) in [5.41, 5.74) is 4.61. The van der Waals surface area contributed by atoms with Crippen molar-refractivity contribution in [1.82, 2.24) is 19.9 Å². The third-order valence-corrected chi connectivity index (χ3v) is 4.91. The van der Waals surface area contributed by atoms with E-state index >= 15 is 0 Å². The van der Waals surface area contributed by atoms with Crippen LogP contribution in [-0.4, -0.2) is 33.6 Å². The lowest BCUT2D eigenvalue weighted by molar-refractivity contribution is 0.102. The molecule has 0 bridgehead atoms. The molecule has 0 radical (unpaired) electrons. The number of hydrogen-bond acceptors (Lipinski definition) is 4. The SMILES string of the molecule is Cc1cn2nc(NC(=O)c3ccc(C4CCCNC4)cc3)cc(C)c2n1. The van der Waals surface area contributed by atoms with Crippen molar-refractivity contribution in [3.63, 3.8) is 0 Å². The van der Waals surface area contributed by atoms with Crippen LogP contribution in [0.5, 0.6) is 0 Å². The number of imidazole rings is 1. The normalized spacial score (nSPS) is 17.4. The number of piperidine rings is 1. The van der Waals surface area contributed by atoms with Crippen LogP contribution in [-0.2, 0) is 0 Å². The minimum atomic E-state index is -0.151. The lowest BCUT2D eigenvalue weighted by Gasteiger charge is -2.23. The Morgan fingerprint density at radius 3 is 2.81 bits per heavy atom. The van der Waals surface area contributed by atoms with Crippen molar-refractivity contribution >= 4 is 17.4 Å². The molecule has 0 spiro atoms. The van der Waals surface area contributed by atoms with Gasteiger partial charge in [0, 0.05) is 12.1 Å². The lowest BCUT2D eigenvalue weighted by Crippen LogP contribution is -2.28. The van der Waals surface area contributed by atoms with Crippen LogP contribution in [0.1, 0.15) is 45.9 Å². The first-order chi connectivity index (χ1) is 12.6. The predicted octanol–water partition coefficient (Wildman–Crippen LogP) is 3.07. The fourth-order valence-electron chi connectivity index (χ4n) is 3.54. The maximum atomic E-state index is 12.6. The van der Waals surface area contributed by atoms with Crippen LogP contribution in [0.15, 0.2) is 36.5 Å². The van der Waals surface area contributed by atoms with Crippen molar-refractivity contribution in [1.29, 1.82) is 0 Å². The maximum absolute atomic E-state index is 12.6. The average Bonchev–Trinajstić information content (AvgIpc) is 3.03. The van der Waals surface area contributed by atoms with Gasteiger partial charge in [-0.1, -0.05) is 12.1 Å². The molecule has 1 saturated heterocycles. The molecule has 4 rings (SSSR count). The molecule has 1 unspecified atom stereocenters.